The van der Waals surface area contributed by atoms with Crippen LogP contribution in [-0.2, 0) is 9.53 Å². The number of nitrogens with zero attached hydrogens (tertiary/aromatic N) is 1. The van der Waals surface area contributed by atoms with Gasteiger partial charge in [0, 0.05) is 5.56 Å². The zero-order valence-electron chi connectivity index (χ0n) is 8.07. The highest BCUT2D eigenvalue weighted by Crippen LogP contribution is 2.07. The van der Waals surface area contributed by atoms with Gasteiger partial charge in [0.15, 0.2) is 11.5 Å². The summed E-state index contributed by atoms with van der Waals surface area (Å²) in [4.78, 5) is 22.3. The lowest BCUT2D eigenvalue weighted by Gasteiger charge is -1.98. The first-order valence-corrected chi connectivity index (χ1v) is 4.25. The number of ether oxygens (including phenoxy) is 1. The van der Waals surface area contributed by atoms with Crippen LogP contribution < -0.4 is 0 Å². The first kappa shape index (κ1) is 10.4. The minimum absolute atomic E-state index is 0.193. The third-order valence-electron chi connectivity index (χ3n) is 1.62. The summed E-state index contributed by atoms with van der Waals surface area (Å²) in [6, 6.07) is 0. The summed E-state index contributed by atoms with van der Waals surface area (Å²) >= 11 is 0. The Bertz CT molecular complexity index is 342. The highest BCUT2D eigenvalue weighted by molar-refractivity contribution is 6.05. The lowest BCUT2D eigenvalue weighted by molar-refractivity contribution is -0.141. The fourth-order valence-electron chi connectivity index (χ4n) is 0.984. The Morgan fingerprint density at radius 3 is 2.79 bits per heavy atom. The Kier molecular flexibility index (Phi) is 3.39. The van der Waals surface area contributed by atoms with E-state index in [1.54, 1.807) is 13.8 Å². The Morgan fingerprint density at radius 2 is 2.29 bits per heavy atom. The van der Waals surface area contributed by atoms with Crippen molar-refractivity contribution < 1.29 is 18.8 Å². The molecule has 0 aliphatic rings. The second-order valence-corrected chi connectivity index (χ2v) is 2.75. The van der Waals surface area contributed by atoms with Crippen LogP contribution in [0.1, 0.15) is 29.4 Å². The molecule has 0 aliphatic heterocycles. The molecule has 0 bridgehead atoms. The molecule has 0 amide bonds. The molecule has 0 atom stereocenters. The van der Waals surface area contributed by atoms with Gasteiger partial charge in [-0.3, -0.25) is 9.59 Å². The molecular weight excluding hydrogens is 186 g/mol. The zero-order chi connectivity index (χ0) is 10.6. The average molecular weight is 197 g/mol. The molecule has 0 saturated carbocycles. The van der Waals surface area contributed by atoms with E-state index < -0.39 is 5.97 Å². The SMILES string of the molecule is CCOC(=O)CC(=O)c1nocc1C. The van der Waals surface area contributed by atoms with E-state index in [4.69, 9.17) is 0 Å². The molecule has 1 rings (SSSR count). The van der Waals surface area contributed by atoms with E-state index in [1.807, 2.05) is 0 Å². The van der Waals surface area contributed by atoms with Crippen LogP contribution in [0, 0.1) is 6.92 Å². The van der Waals surface area contributed by atoms with Crippen LogP contribution >= 0.6 is 0 Å². The first-order valence-electron chi connectivity index (χ1n) is 4.25. The van der Waals surface area contributed by atoms with E-state index in [1.165, 1.54) is 6.26 Å². The van der Waals surface area contributed by atoms with Crippen LogP contribution in [0.25, 0.3) is 0 Å². The topological polar surface area (TPSA) is 69.4 Å². The molecule has 1 heterocycles. The van der Waals surface area contributed by atoms with Gasteiger partial charge >= 0.3 is 5.97 Å². The Hall–Kier alpha value is -1.65. The summed E-state index contributed by atoms with van der Waals surface area (Å²) in [6.45, 7) is 3.64. The van der Waals surface area contributed by atoms with E-state index in [-0.39, 0.29) is 24.5 Å². The summed E-state index contributed by atoms with van der Waals surface area (Å²) in [5.74, 6) is -0.922. The van der Waals surface area contributed by atoms with E-state index in [2.05, 4.69) is 14.4 Å². The van der Waals surface area contributed by atoms with Gasteiger partial charge in [-0.15, -0.1) is 0 Å². The van der Waals surface area contributed by atoms with Crippen LogP contribution in [0.4, 0.5) is 0 Å². The number of hydrogen-bond acceptors (Lipinski definition) is 5. The van der Waals surface area contributed by atoms with Gasteiger partial charge in [0.05, 0.1) is 6.61 Å². The molecule has 1 aromatic rings. The van der Waals surface area contributed by atoms with Gasteiger partial charge in [-0.05, 0) is 13.8 Å². The summed E-state index contributed by atoms with van der Waals surface area (Å²) in [7, 11) is 0. The van der Waals surface area contributed by atoms with Crippen LogP contribution in [-0.4, -0.2) is 23.5 Å². The number of Topliss-reactive ketones (excluding diaryl/α,β-unsaturated/α-hetero) is 1. The molecule has 5 heteroatoms. The third-order valence-corrected chi connectivity index (χ3v) is 1.62. The van der Waals surface area contributed by atoms with E-state index in [9.17, 15) is 9.59 Å². The van der Waals surface area contributed by atoms with Crippen molar-refractivity contribution in [2.45, 2.75) is 20.3 Å². The fraction of sp³-hybridized carbons (Fsp3) is 0.444. The molecule has 1 aromatic heterocycles. The predicted molar refractivity (Wildman–Crippen MR) is 46.8 cm³/mol. The van der Waals surface area contributed by atoms with Gasteiger partial charge in [0.2, 0.25) is 0 Å². The highest BCUT2D eigenvalue weighted by Gasteiger charge is 2.17. The molecule has 5 nitrogen and oxygen atoms in total. The number of carbonyl (C=O) groups is 2. The number of rotatable bonds is 4. The van der Waals surface area contributed by atoms with Crippen molar-refractivity contribution >= 4 is 11.8 Å². The van der Waals surface area contributed by atoms with Gasteiger partial charge in [0.25, 0.3) is 0 Å². The molecule has 0 aromatic carbocycles. The van der Waals surface area contributed by atoms with Crippen LogP contribution in [0.3, 0.4) is 0 Å². The van der Waals surface area contributed by atoms with Gasteiger partial charge < -0.3 is 9.26 Å². The van der Waals surface area contributed by atoms with Crippen molar-refractivity contribution in [3.8, 4) is 0 Å². The Labute approximate surface area is 81.0 Å². The number of carbonyl (C=O) groups excluding carboxylic acids is 2. The first-order chi connectivity index (χ1) is 6.65. The van der Waals surface area contributed by atoms with Gasteiger partial charge in [-0.2, -0.15) is 0 Å². The monoisotopic (exact) mass is 197 g/mol. The molecule has 14 heavy (non-hydrogen) atoms. The predicted octanol–water partition coefficient (Wildman–Crippen LogP) is 1.12. The van der Waals surface area contributed by atoms with Crippen molar-refractivity contribution in [2.24, 2.45) is 0 Å². The highest BCUT2D eigenvalue weighted by atomic mass is 16.5. The largest absolute Gasteiger partial charge is 0.466 e. The van der Waals surface area contributed by atoms with Gasteiger partial charge in [0.1, 0.15) is 12.7 Å². The Morgan fingerprint density at radius 1 is 1.57 bits per heavy atom. The maximum atomic E-state index is 11.4. The molecule has 0 spiro atoms. The summed E-state index contributed by atoms with van der Waals surface area (Å²) in [5, 5.41) is 3.50. The quantitative estimate of drug-likeness (QED) is 0.411. The van der Waals surface area contributed by atoms with Gasteiger partial charge in [-0.1, -0.05) is 5.16 Å². The number of aromatic nitrogens is 1. The molecule has 0 N–H and O–H groups in total. The molecule has 0 radical (unpaired) electrons. The van der Waals surface area contributed by atoms with Crippen molar-refractivity contribution in [1.29, 1.82) is 0 Å². The number of esters is 1. The molecule has 76 valence electrons. The van der Waals surface area contributed by atoms with E-state index in [0.717, 1.165) is 0 Å². The maximum Gasteiger partial charge on any atom is 0.313 e. The zero-order valence-corrected chi connectivity index (χ0v) is 8.07. The van der Waals surface area contributed by atoms with Crippen LogP contribution in [0.2, 0.25) is 0 Å². The maximum absolute atomic E-state index is 11.4. The minimum Gasteiger partial charge on any atom is -0.466 e. The number of aryl methyl sites for hydroxylation is 1. The molecule has 0 unspecified atom stereocenters. The second-order valence-electron chi connectivity index (χ2n) is 2.75. The Balaban J connectivity index is 2.59. The minimum atomic E-state index is -0.542. The normalized spacial score (nSPS) is 9.86. The van der Waals surface area contributed by atoms with Gasteiger partial charge in [-0.25, -0.2) is 0 Å². The molecular formula is C9H11NO4. The van der Waals surface area contributed by atoms with E-state index in [0.29, 0.717) is 5.56 Å². The van der Waals surface area contributed by atoms with Crippen molar-refractivity contribution in [2.75, 3.05) is 6.61 Å². The number of hydrogen-bond donors (Lipinski definition) is 0. The lowest BCUT2D eigenvalue weighted by Crippen LogP contribution is -2.12. The average Bonchev–Trinajstić information content (AvgIpc) is 2.51. The summed E-state index contributed by atoms with van der Waals surface area (Å²) in [6.07, 6.45) is 1.07. The fourth-order valence-corrected chi connectivity index (χ4v) is 0.984. The van der Waals surface area contributed by atoms with Crippen molar-refractivity contribution in [3.63, 3.8) is 0 Å². The summed E-state index contributed by atoms with van der Waals surface area (Å²) < 4.78 is 9.22. The van der Waals surface area contributed by atoms with Crippen molar-refractivity contribution in [1.82, 2.24) is 5.16 Å². The van der Waals surface area contributed by atoms with Crippen LogP contribution in [0.15, 0.2) is 10.8 Å². The molecule has 0 saturated heterocycles. The van der Waals surface area contributed by atoms with Crippen molar-refractivity contribution in [3.05, 3.63) is 17.5 Å². The standard InChI is InChI=1S/C9H11NO4/c1-3-13-8(12)4-7(11)9-6(2)5-14-10-9/h5H,3-4H2,1-2H3. The molecule has 0 fully saturated rings. The van der Waals surface area contributed by atoms with E-state index >= 15 is 0 Å². The van der Waals surface area contributed by atoms with Crippen LogP contribution in [0.5, 0.6) is 0 Å². The lowest BCUT2D eigenvalue weighted by atomic mass is 10.1. The summed E-state index contributed by atoms with van der Waals surface area (Å²) in [5.41, 5.74) is 0.817. The smallest absolute Gasteiger partial charge is 0.313 e. The number of ketones is 1. The second kappa shape index (κ2) is 4.55. The molecule has 0 aliphatic carbocycles. The third kappa shape index (κ3) is 2.42.